The Labute approximate surface area is 158 Å². The molecule has 0 saturated carbocycles. The second kappa shape index (κ2) is 9.09. The van der Waals surface area contributed by atoms with Gasteiger partial charge < -0.3 is 15.4 Å². The number of hydrogen-bond donors (Lipinski definition) is 2. The summed E-state index contributed by atoms with van der Waals surface area (Å²) in [4.78, 5) is 35.6. The predicted octanol–water partition coefficient (Wildman–Crippen LogP) is 2.92. The molecule has 0 fully saturated rings. The Morgan fingerprint density at radius 2 is 1.85 bits per heavy atom. The summed E-state index contributed by atoms with van der Waals surface area (Å²) in [5, 5.41) is 4.58. The molecule has 2 amide bonds. The maximum Gasteiger partial charge on any atom is 0.326 e. The highest BCUT2D eigenvalue weighted by atomic mass is 35.5. The van der Waals surface area contributed by atoms with Crippen molar-refractivity contribution >= 4 is 35.1 Å². The van der Waals surface area contributed by atoms with Crippen LogP contribution in [-0.2, 0) is 14.3 Å². The van der Waals surface area contributed by atoms with Crippen molar-refractivity contribution in [3.63, 3.8) is 0 Å². The molecular formula is C18H15ClF2N2O4. The molecule has 27 heavy (non-hydrogen) atoms. The van der Waals surface area contributed by atoms with Gasteiger partial charge in [0.15, 0.2) is 6.10 Å². The van der Waals surface area contributed by atoms with Gasteiger partial charge in [-0.2, -0.15) is 0 Å². The fourth-order valence-electron chi connectivity index (χ4n) is 2.01. The normalized spacial score (nSPS) is 11.4. The first-order valence-electron chi connectivity index (χ1n) is 7.76. The summed E-state index contributed by atoms with van der Waals surface area (Å²) in [6.45, 7) is 0.755. The number of carbonyl (C=O) groups excluding carboxylic acids is 3. The van der Waals surface area contributed by atoms with E-state index in [0.717, 1.165) is 18.2 Å². The first-order valence-corrected chi connectivity index (χ1v) is 8.14. The average Bonchev–Trinajstić information content (AvgIpc) is 2.62. The highest BCUT2D eigenvalue weighted by molar-refractivity contribution is 6.33. The van der Waals surface area contributed by atoms with Crippen LogP contribution in [0.3, 0.4) is 0 Å². The van der Waals surface area contributed by atoms with Gasteiger partial charge in [0.2, 0.25) is 0 Å². The lowest BCUT2D eigenvalue weighted by atomic mass is 10.2. The smallest absolute Gasteiger partial charge is 0.326 e. The van der Waals surface area contributed by atoms with Gasteiger partial charge in [0.05, 0.1) is 16.3 Å². The molecule has 0 aliphatic heterocycles. The molecule has 0 radical (unpaired) electrons. The summed E-state index contributed by atoms with van der Waals surface area (Å²) in [5.41, 5.74) is -0.0686. The van der Waals surface area contributed by atoms with E-state index in [2.05, 4.69) is 10.6 Å². The van der Waals surface area contributed by atoms with Crippen LogP contribution in [0.25, 0.3) is 0 Å². The molecule has 2 rings (SSSR count). The summed E-state index contributed by atoms with van der Waals surface area (Å²) in [6.07, 6.45) is -1.20. The standard InChI is InChI=1S/C18H15ClF2N2O4/c1-10(17(25)23-15-7-6-11(20)8-13(15)19)27-16(24)9-22-18(26)12-4-2-3-5-14(12)21/h2-8,10H,9H2,1H3,(H,22,26)(H,23,25)/t10-/m0/s1. The molecule has 9 heteroatoms. The van der Waals surface area contributed by atoms with Crippen molar-refractivity contribution in [2.24, 2.45) is 0 Å². The molecule has 2 aromatic carbocycles. The van der Waals surface area contributed by atoms with Gasteiger partial charge in [-0.05, 0) is 37.3 Å². The van der Waals surface area contributed by atoms with E-state index in [1.54, 1.807) is 0 Å². The third-order valence-electron chi connectivity index (χ3n) is 3.38. The largest absolute Gasteiger partial charge is 0.451 e. The van der Waals surface area contributed by atoms with Crippen LogP contribution in [0, 0.1) is 11.6 Å². The zero-order chi connectivity index (χ0) is 20.0. The monoisotopic (exact) mass is 396 g/mol. The third kappa shape index (κ3) is 5.75. The molecule has 1 atom stereocenters. The highest BCUT2D eigenvalue weighted by Crippen LogP contribution is 2.22. The van der Waals surface area contributed by atoms with Crippen LogP contribution in [0.5, 0.6) is 0 Å². The second-order valence-corrected chi connectivity index (χ2v) is 5.82. The zero-order valence-electron chi connectivity index (χ0n) is 14.1. The Bertz CT molecular complexity index is 876. The van der Waals surface area contributed by atoms with Crippen molar-refractivity contribution in [2.45, 2.75) is 13.0 Å². The van der Waals surface area contributed by atoms with Gasteiger partial charge in [-0.1, -0.05) is 23.7 Å². The highest BCUT2D eigenvalue weighted by Gasteiger charge is 2.20. The van der Waals surface area contributed by atoms with Crippen LogP contribution in [0.1, 0.15) is 17.3 Å². The van der Waals surface area contributed by atoms with Gasteiger partial charge in [0, 0.05) is 0 Å². The SMILES string of the molecule is C[C@H](OC(=O)CNC(=O)c1ccccc1F)C(=O)Nc1ccc(F)cc1Cl. The minimum atomic E-state index is -1.20. The molecule has 142 valence electrons. The lowest BCUT2D eigenvalue weighted by Gasteiger charge is -2.14. The van der Waals surface area contributed by atoms with E-state index in [1.807, 2.05) is 0 Å². The molecule has 6 nitrogen and oxygen atoms in total. The van der Waals surface area contributed by atoms with Crippen LogP contribution in [0.15, 0.2) is 42.5 Å². The number of rotatable bonds is 6. The number of hydrogen-bond acceptors (Lipinski definition) is 4. The number of halogens is 3. The lowest BCUT2D eigenvalue weighted by molar-refractivity contribution is -0.152. The van der Waals surface area contributed by atoms with Gasteiger partial charge in [-0.25, -0.2) is 8.78 Å². The number of ether oxygens (including phenoxy) is 1. The zero-order valence-corrected chi connectivity index (χ0v) is 14.8. The molecule has 0 aromatic heterocycles. The molecule has 0 bridgehead atoms. The van der Waals surface area contributed by atoms with Crippen molar-refractivity contribution in [2.75, 3.05) is 11.9 Å². The minimum absolute atomic E-state index is 0.0148. The Hall–Kier alpha value is -3.00. The predicted molar refractivity (Wildman–Crippen MR) is 94.3 cm³/mol. The Morgan fingerprint density at radius 3 is 2.52 bits per heavy atom. The maximum absolute atomic E-state index is 13.5. The number of amides is 2. The fraction of sp³-hybridized carbons (Fsp3) is 0.167. The number of benzene rings is 2. The van der Waals surface area contributed by atoms with Crippen LogP contribution in [0.2, 0.25) is 5.02 Å². The van der Waals surface area contributed by atoms with Gasteiger partial charge in [0.25, 0.3) is 11.8 Å². The van der Waals surface area contributed by atoms with E-state index in [1.165, 1.54) is 31.2 Å². The van der Waals surface area contributed by atoms with Crippen molar-refractivity contribution < 1.29 is 27.9 Å². The lowest BCUT2D eigenvalue weighted by Crippen LogP contribution is -2.36. The molecule has 0 aliphatic rings. The van der Waals surface area contributed by atoms with Gasteiger partial charge >= 0.3 is 5.97 Å². The third-order valence-corrected chi connectivity index (χ3v) is 3.69. The number of carbonyl (C=O) groups is 3. The molecule has 2 aromatic rings. The van der Waals surface area contributed by atoms with Gasteiger partial charge in [-0.15, -0.1) is 0 Å². The second-order valence-electron chi connectivity index (χ2n) is 5.41. The van der Waals surface area contributed by atoms with Crippen molar-refractivity contribution in [1.29, 1.82) is 0 Å². The molecule has 0 spiro atoms. The van der Waals surface area contributed by atoms with Crippen molar-refractivity contribution in [3.05, 3.63) is 64.7 Å². The van der Waals surface area contributed by atoms with Crippen LogP contribution in [-0.4, -0.2) is 30.4 Å². The summed E-state index contributed by atoms with van der Waals surface area (Å²) in [5.74, 6) is -3.68. The summed E-state index contributed by atoms with van der Waals surface area (Å²) in [6, 6.07) is 8.66. The van der Waals surface area contributed by atoms with Crippen LogP contribution in [0.4, 0.5) is 14.5 Å². The van der Waals surface area contributed by atoms with Crippen molar-refractivity contribution in [1.82, 2.24) is 5.32 Å². The number of esters is 1. The summed E-state index contributed by atoms with van der Waals surface area (Å²) in [7, 11) is 0. The van der Waals surface area contributed by atoms with E-state index in [-0.39, 0.29) is 16.3 Å². The number of anilines is 1. The van der Waals surface area contributed by atoms with Gasteiger partial charge in [-0.3, -0.25) is 14.4 Å². The quantitative estimate of drug-likeness (QED) is 0.735. The summed E-state index contributed by atoms with van der Waals surface area (Å²) >= 11 is 5.80. The fourth-order valence-corrected chi connectivity index (χ4v) is 2.23. The van der Waals surface area contributed by atoms with Crippen LogP contribution >= 0.6 is 11.6 Å². The van der Waals surface area contributed by atoms with E-state index >= 15 is 0 Å². The molecule has 2 N–H and O–H groups in total. The molecule has 0 heterocycles. The minimum Gasteiger partial charge on any atom is -0.451 e. The van der Waals surface area contributed by atoms with E-state index in [4.69, 9.17) is 16.3 Å². The Balaban J connectivity index is 1.85. The molecule has 0 saturated heterocycles. The molecular weight excluding hydrogens is 382 g/mol. The van der Waals surface area contributed by atoms with Crippen molar-refractivity contribution in [3.8, 4) is 0 Å². The maximum atomic E-state index is 13.5. The molecule has 0 unspecified atom stereocenters. The first kappa shape index (κ1) is 20.3. The Morgan fingerprint density at radius 1 is 1.15 bits per heavy atom. The van der Waals surface area contributed by atoms with E-state index in [9.17, 15) is 23.2 Å². The number of nitrogens with one attached hydrogen (secondary N) is 2. The topological polar surface area (TPSA) is 84.5 Å². The summed E-state index contributed by atoms with van der Waals surface area (Å²) < 4.78 is 31.4. The van der Waals surface area contributed by atoms with Gasteiger partial charge in [0.1, 0.15) is 18.2 Å². The van der Waals surface area contributed by atoms with Crippen LogP contribution < -0.4 is 10.6 Å². The van der Waals surface area contributed by atoms with E-state index < -0.39 is 42.1 Å². The molecule has 0 aliphatic carbocycles. The average molecular weight is 397 g/mol. The first-order chi connectivity index (χ1) is 12.8. The van der Waals surface area contributed by atoms with E-state index in [0.29, 0.717) is 0 Å². The Kier molecular flexibility index (Phi) is 6.84.